The molecule has 108 valence electrons. The summed E-state index contributed by atoms with van der Waals surface area (Å²) in [5.41, 5.74) is 1.45. The molecular formula is C16H21NO2S. The summed E-state index contributed by atoms with van der Waals surface area (Å²) >= 11 is 1.93. The predicted molar refractivity (Wildman–Crippen MR) is 81.2 cm³/mol. The Kier molecular flexibility index (Phi) is 4.32. The molecule has 3 rings (SSSR count). The molecule has 20 heavy (non-hydrogen) atoms. The van der Waals surface area contributed by atoms with E-state index in [0.29, 0.717) is 11.8 Å². The van der Waals surface area contributed by atoms with Crippen molar-refractivity contribution in [1.82, 2.24) is 5.32 Å². The number of benzene rings is 1. The van der Waals surface area contributed by atoms with Crippen molar-refractivity contribution in [1.29, 1.82) is 0 Å². The lowest BCUT2D eigenvalue weighted by atomic mass is 9.95. The maximum atomic E-state index is 11.2. The predicted octanol–water partition coefficient (Wildman–Crippen LogP) is 2.97. The first-order valence-corrected chi connectivity index (χ1v) is 8.39. The largest absolute Gasteiger partial charge is 0.481 e. The van der Waals surface area contributed by atoms with Crippen molar-refractivity contribution in [2.75, 3.05) is 18.8 Å². The number of rotatable bonds is 5. The fourth-order valence-corrected chi connectivity index (χ4v) is 4.70. The van der Waals surface area contributed by atoms with Crippen LogP contribution in [-0.4, -0.2) is 29.9 Å². The second-order valence-electron chi connectivity index (χ2n) is 5.84. The molecule has 1 saturated carbocycles. The number of hydrogen-bond acceptors (Lipinski definition) is 3. The summed E-state index contributed by atoms with van der Waals surface area (Å²) in [6.45, 7) is 1.81. The van der Waals surface area contributed by atoms with E-state index in [4.69, 9.17) is 0 Å². The summed E-state index contributed by atoms with van der Waals surface area (Å²) in [5, 5.41) is 12.7. The second-order valence-corrected chi connectivity index (χ2v) is 6.90. The van der Waals surface area contributed by atoms with E-state index in [-0.39, 0.29) is 5.92 Å². The van der Waals surface area contributed by atoms with Crippen LogP contribution in [0.3, 0.4) is 0 Å². The standard InChI is InChI=1S/C16H21NO2S/c18-16(19)14-6-3-4-11(14)8-17-9-12-10-20-15-7-2-1-5-13(12)15/h1-2,5,7,11-12,14,17H,3-4,6,8-10H2,(H,18,19). The minimum Gasteiger partial charge on any atom is -0.481 e. The van der Waals surface area contributed by atoms with Crippen molar-refractivity contribution in [3.63, 3.8) is 0 Å². The lowest BCUT2D eigenvalue weighted by molar-refractivity contribution is -0.142. The molecule has 2 aliphatic rings. The summed E-state index contributed by atoms with van der Waals surface area (Å²) in [5.74, 6) is 1.28. The number of fused-ring (bicyclic) bond motifs is 1. The molecule has 3 atom stereocenters. The van der Waals surface area contributed by atoms with Gasteiger partial charge in [-0.15, -0.1) is 11.8 Å². The fraction of sp³-hybridized carbons (Fsp3) is 0.562. The van der Waals surface area contributed by atoms with Crippen LogP contribution in [0.15, 0.2) is 29.2 Å². The molecule has 0 saturated heterocycles. The maximum absolute atomic E-state index is 11.2. The molecular weight excluding hydrogens is 270 g/mol. The van der Waals surface area contributed by atoms with E-state index in [1.807, 2.05) is 11.8 Å². The maximum Gasteiger partial charge on any atom is 0.306 e. The lowest BCUT2D eigenvalue weighted by Gasteiger charge is -2.18. The Labute approximate surface area is 124 Å². The first kappa shape index (κ1) is 14.0. The van der Waals surface area contributed by atoms with Gasteiger partial charge in [-0.1, -0.05) is 24.6 Å². The number of carboxylic acids is 1. The summed E-state index contributed by atoms with van der Waals surface area (Å²) in [6.07, 6.45) is 2.97. The Morgan fingerprint density at radius 1 is 1.30 bits per heavy atom. The summed E-state index contributed by atoms with van der Waals surface area (Å²) in [7, 11) is 0. The van der Waals surface area contributed by atoms with Crippen LogP contribution in [0.4, 0.5) is 0 Å². The molecule has 1 aromatic rings. The molecule has 3 unspecified atom stereocenters. The van der Waals surface area contributed by atoms with Gasteiger partial charge in [0.1, 0.15) is 0 Å². The van der Waals surface area contributed by atoms with Crippen LogP contribution < -0.4 is 5.32 Å². The Morgan fingerprint density at radius 3 is 3.00 bits per heavy atom. The van der Waals surface area contributed by atoms with Gasteiger partial charge in [0.05, 0.1) is 5.92 Å². The van der Waals surface area contributed by atoms with Crippen molar-refractivity contribution in [2.24, 2.45) is 11.8 Å². The van der Waals surface area contributed by atoms with E-state index in [1.165, 1.54) is 10.5 Å². The molecule has 0 aromatic heterocycles. The highest BCUT2D eigenvalue weighted by Crippen LogP contribution is 2.39. The quantitative estimate of drug-likeness (QED) is 0.875. The Bertz CT molecular complexity index is 491. The number of carboxylic acid groups (broad SMARTS) is 1. The van der Waals surface area contributed by atoms with Gasteiger partial charge in [-0.05, 0) is 36.9 Å². The van der Waals surface area contributed by atoms with Crippen LogP contribution in [0.25, 0.3) is 0 Å². The van der Waals surface area contributed by atoms with Crippen molar-refractivity contribution in [3.8, 4) is 0 Å². The van der Waals surface area contributed by atoms with Crippen molar-refractivity contribution >= 4 is 17.7 Å². The van der Waals surface area contributed by atoms with Crippen LogP contribution in [-0.2, 0) is 4.79 Å². The highest BCUT2D eigenvalue weighted by Gasteiger charge is 2.32. The molecule has 4 heteroatoms. The van der Waals surface area contributed by atoms with Gasteiger partial charge >= 0.3 is 5.97 Å². The molecule has 0 amide bonds. The highest BCUT2D eigenvalue weighted by molar-refractivity contribution is 7.99. The molecule has 1 fully saturated rings. The van der Waals surface area contributed by atoms with Gasteiger partial charge in [-0.3, -0.25) is 4.79 Å². The van der Waals surface area contributed by atoms with Crippen LogP contribution in [0, 0.1) is 11.8 Å². The van der Waals surface area contributed by atoms with Gasteiger partial charge in [0.2, 0.25) is 0 Å². The van der Waals surface area contributed by atoms with Gasteiger partial charge in [0.25, 0.3) is 0 Å². The van der Waals surface area contributed by atoms with E-state index in [1.54, 1.807) is 0 Å². The minimum absolute atomic E-state index is 0.132. The molecule has 1 aliphatic carbocycles. The monoisotopic (exact) mass is 291 g/mol. The molecule has 2 N–H and O–H groups in total. The molecule has 0 spiro atoms. The van der Waals surface area contributed by atoms with E-state index >= 15 is 0 Å². The van der Waals surface area contributed by atoms with Crippen LogP contribution in [0.1, 0.15) is 30.7 Å². The zero-order valence-electron chi connectivity index (χ0n) is 11.5. The van der Waals surface area contributed by atoms with Crippen LogP contribution >= 0.6 is 11.8 Å². The van der Waals surface area contributed by atoms with Gasteiger partial charge in [0.15, 0.2) is 0 Å². The van der Waals surface area contributed by atoms with Gasteiger partial charge < -0.3 is 10.4 Å². The molecule has 1 heterocycles. The Morgan fingerprint density at radius 2 is 2.15 bits per heavy atom. The molecule has 0 radical (unpaired) electrons. The number of hydrogen-bond donors (Lipinski definition) is 2. The van der Waals surface area contributed by atoms with E-state index < -0.39 is 5.97 Å². The smallest absolute Gasteiger partial charge is 0.306 e. The Balaban J connectivity index is 1.50. The number of thioether (sulfide) groups is 1. The summed E-state index contributed by atoms with van der Waals surface area (Å²) < 4.78 is 0. The van der Waals surface area contributed by atoms with Gasteiger partial charge in [-0.2, -0.15) is 0 Å². The van der Waals surface area contributed by atoms with Gasteiger partial charge in [-0.25, -0.2) is 0 Å². The SMILES string of the molecule is O=C(O)C1CCCC1CNCC1CSc2ccccc21. The number of nitrogens with one attached hydrogen (secondary N) is 1. The van der Waals surface area contributed by atoms with E-state index in [0.717, 1.165) is 38.1 Å². The topological polar surface area (TPSA) is 49.3 Å². The highest BCUT2D eigenvalue weighted by atomic mass is 32.2. The molecule has 0 bridgehead atoms. The van der Waals surface area contributed by atoms with Gasteiger partial charge in [0, 0.05) is 23.1 Å². The number of aliphatic carboxylic acids is 1. The zero-order chi connectivity index (χ0) is 13.9. The lowest BCUT2D eigenvalue weighted by Crippen LogP contribution is -2.31. The third kappa shape index (κ3) is 2.86. The Hall–Kier alpha value is -1.00. The van der Waals surface area contributed by atoms with E-state index in [9.17, 15) is 9.90 Å². The molecule has 1 aromatic carbocycles. The molecule has 3 nitrogen and oxygen atoms in total. The normalized spacial score (nSPS) is 28.5. The van der Waals surface area contributed by atoms with E-state index in [2.05, 4.69) is 29.6 Å². The molecule has 1 aliphatic heterocycles. The van der Waals surface area contributed by atoms with Crippen LogP contribution in [0.5, 0.6) is 0 Å². The first-order valence-electron chi connectivity index (χ1n) is 7.41. The third-order valence-electron chi connectivity index (χ3n) is 4.57. The van der Waals surface area contributed by atoms with Crippen molar-refractivity contribution in [3.05, 3.63) is 29.8 Å². The van der Waals surface area contributed by atoms with Crippen molar-refractivity contribution in [2.45, 2.75) is 30.1 Å². The van der Waals surface area contributed by atoms with Crippen LogP contribution in [0.2, 0.25) is 0 Å². The summed E-state index contributed by atoms with van der Waals surface area (Å²) in [4.78, 5) is 12.6. The number of carbonyl (C=O) groups is 1. The average molecular weight is 291 g/mol. The third-order valence-corrected chi connectivity index (χ3v) is 5.82. The van der Waals surface area contributed by atoms with Crippen molar-refractivity contribution < 1.29 is 9.90 Å². The summed E-state index contributed by atoms with van der Waals surface area (Å²) in [6, 6.07) is 8.61. The minimum atomic E-state index is -0.615. The fourth-order valence-electron chi connectivity index (χ4n) is 3.45. The second kappa shape index (κ2) is 6.19. The first-order chi connectivity index (χ1) is 9.75. The average Bonchev–Trinajstić information content (AvgIpc) is 3.06. The zero-order valence-corrected chi connectivity index (χ0v) is 12.4.